The van der Waals surface area contributed by atoms with Crippen molar-refractivity contribution in [2.24, 2.45) is 0 Å². The SMILES string of the molecule is COc1ccccc1NC(=O)/C(C#N)=C\Nc1cc(C)ccc1O. The Bertz CT molecular complexity index is 822. The zero-order chi connectivity index (χ0) is 17.5. The fourth-order valence-electron chi connectivity index (χ4n) is 2.00. The maximum Gasteiger partial charge on any atom is 0.267 e. The van der Waals surface area contributed by atoms with Crippen LogP contribution in [0.25, 0.3) is 0 Å². The minimum atomic E-state index is -0.582. The van der Waals surface area contributed by atoms with Gasteiger partial charge in [-0.3, -0.25) is 4.79 Å². The highest BCUT2D eigenvalue weighted by atomic mass is 16.5. The minimum Gasteiger partial charge on any atom is -0.506 e. The fourth-order valence-corrected chi connectivity index (χ4v) is 2.00. The standard InChI is InChI=1S/C18H17N3O3/c1-12-7-8-16(22)15(9-12)20-11-13(10-19)18(23)21-14-5-3-4-6-17(14)24-2/h3-9,11,20,22H,1-2H3,(H,21,23)/b13-11-. The van der Waals surface area contributed by atoms with Crippen molar-refractivity contribution in [2.75, 3.05) is 17.7 Å². The molecule has 2 rings (SSSR count). The summed E-state index contributed by atoms with van der Waals surface area (Å²) in [4.78, 5) is 12.2. The first-order valence-electron chi connectivity index (χ1n) is 7.16. The molecule has 0 spiro atoms. The Morgan fingerprint density at radius 3 is 2.71 bits per heavy atom. The lowest BCUT2D eigenvalue weighted by Gasteiger charge is -2.10. The van der Waals surface area contributed by atoms with E-state index in [9.17, 15) is 15.2 Å². The van der Waals surface area contributed by atoms with Gasteiger partial charge in [-0.05, 0) is 36.8 Å². The lowest BCUT2D eigenvalue weighted by molar-refractivity contribution is -0.112. The number of nitriles is 1. The predicted molar refractivity (Wildman–Crippen MR) is 91.8 cm³/mol. The lowest BCUT2D eigenvalue weighted by atomic mass is 10.2. The largest absolute Gasteiger partial charge is 0.506 e. The van der Waals surface area contributed by atoms with Crippen LogP contribution < -0.4 is 15.4 Å². The molecule has 0 atom stereocenters. The van der Waals surface area contributed by atoms with Crippen molar-refractivity contribution in [1.82, 2.24) is 0 Å². The summed E-state index contributed by atoms with van der Waals surface area (Å²) in [7, 11) is 1.49. The number of amides is 1. The van der Waals surface area contributed by atoms with Crippen molar-refractivity contribution in [3.05, 3.63) is 59.8 Å². The molecule has 122 valence electrons. The monoisotopic (exact) mass is 323 g/mol. The van der Waals surface area contributed by atoms with Crippen LogP contribution in [0.2, 0.25) is 0 Å². The van der Waals surface area contributed by atoms with E-state index in [4.69, 9.17) is 4.74 Å². The number of aromatic hydroxyl groups is 1. The average Bonchev–Trinajstić information content (AvgIpc) is 2.58. The highest BCUT2D eigenvalue weighted by molar-refractivity contribution is 6.07. The summed E-state index contributed by atoms with van der Waals surface area (Å²) in [5, 5.41) is 24.4. The number of ether oxygens (including phenoxy) is 1. The quantitative estimate of drug-likeness (QED) is 0.446. The maximum absolute atomic E-state index is 12.2. The number of phenolic OH excluding ortho intramolecular Hbond substituents is 1. The summed E-state index contributed by atoms with van der Waals surface area (Å²) >= 11 is 0. The van der Waals surface area contributed by atoms with Gasteiger partial charge in [-0.1, -0.05) is 18.2 Å². The van der Waals surface area contributed by atoms with Crippen LogP contribution in [0.5, 0.6) is 11.5 Å². The average molecular weight is 323 g/mol. The highest BCUT2D eigenvalue weighted by Crippen LogP contribution is 2.25. The molecular weight excluding hydrogens is 306 g/mol. The van der Waals surface area contributed by atoms with E-state index in [2.05, 4.69) is 10.6 Å². The minimum absolute atomic E-state index is 0.0271. The van der Waals surface area contributed by atoms with Gasteiger partial charge in [0, 0.05) is 6.20 Å². The maximum atomic E-state index is 12.2. The molecular formula is C18H17N3O3. The Kier molecular flexibility index (Phi) is 5.42. The molecule has 6 nitrogen and oxygen atoms in total. The number of nitrogens with zero attached hydrogens (tertiary/aromatic N) is 1. The van der Waals surface area contributed by atoms with Crippen LogP contribution in [-0.4, -0.2) is 18.1 Å². The van der Waals surface area contributed by atoms with Gasteiger partial charge < -0.3 is 20.5 Å². The van der Waals surface area contributed by atoms with Crippen molar-refractivity contribution in [2.45, 2.75) is 6.92 Å². The number of para-hydroxylation sites is 2. The molecule has 0 bridgehead atoms. The zero-order valence-corrected chi connectivity index (χ0v) is 13.3. The third kappa shape index (κ3) is 4.05. The number of rotatable bonds is 5. The summed E-state index contributed by atoms with van der Waals surface area (Å²) in [5.74, 6) is -0.0617. The first-order chi connectivity index (χ1) is 11.5. The molecule has 0 aromatic heterocycles. The first kappa shape index (κ1) is 16.9. The number of hydrogen-bond acceptors (Lipinski definition) is 5. The number of aryl methyl sites for hydroxylation is 1. The van der Waals surface area contributed by atoms with Gasteiger partial charge in [0.25, 0.3) is 5.91 Å². The second-order valence-electron chi connectivity index (χ2n) is 4.99. The Hall–Kier alpha value is -3.46. The Morgan fingerprint density at radius 1 is 1.25 bits per heavy atom. The van der Waals surface area contributed by atoms with Crippen LogP contribution >= 0.6 is 0 Å². The van der Waals surface area contributed by atoms with Gasteiger partial charge in [-0.25, -0.2) is 0 Å². The summed E-state index contributed by atoms with van der Waals surface area (Å²) in [6.45, 7) is 1.87. The first-order valence-corrected chi connectivity index (χ1v) is 7.16. The molecule has 0 aliphatic rings. The Morgan fingerprint density at radius 2 is 2.00 bits per heavy atom. The molecule has 2 aromatic rings. The molecule has 0 unspecified atom stereocenters. The van der Waals surface area contributed by atoms with E-state index in [1.54, 1.807) is 36.4 Å². The number of methoxy groups -OCH3 is 1. The predicted octanol–water partition coefficient (Wildman–Crippen LogP) is 3.17. The van der Waals surface area contributed by atoms with E-state index in [0.29, 0.717) is 17.1 Å². The van der Waals surface area contributed by atoms with Crippen LogP contribution in [0.15, 0.2) is 54.2 Å². The second-order valence-corrected chi connectivity index (χ2v) is 4.99. The number of hydrogen-bond donors (Lipinski definition) is 3. The van der Waals surface area contributed by atoms with E-state index in [-0.39, 0.29) is 11.3 Å². The number of benzene rings is 2. The van der Waals surface area contributed by atoms with E-state index >= 15 is 0 Å². The molecule has 3 N–H and O–H groups in total. The van der Waals surface area contributed by atoms with Crippen molar-refractivity contribution in [3.63, 3.8) is 0 Å². The molecule has 0 aliphatic heterocycles. The second kappa shape index (κ2) is 7.70. The lowest BCUT2D eigenvalue weighted by Crippen LogP contribution is -2.15. The van der Waals surface area contributed by atoms with E-state index < -0.39 is 5.91 Å². The van der Waals surface area contributed by atoms with Gasteiger partial charge in [0.05, 0.1) is 18.5 Å². The zero-order valence-electron chi connectivity index (χ0n) is 13.3. The van der Waals surface area contributed by atoms with Crippen LogP contribution in [0.3, 0.4) is 0 Å². The smallest absolute Gasteiger partial charge is 0.267 e. The van der Waals surface area contributed by atoms with Gasteiger partial charge in [0.1, 0.15) is 23.1 Å². The highest BCUT2D eigenvalue weighted by Gasteiger charge is 2.12. The van der Waals surface area contributed by atoms with Crippen molar-refractivity contribution >= 4 is 17.3 Å². The number of anilines is 2. The number of nitrogens with one attached hydrogen (secondary N) is 2. The van der Waals surface area contributed by atoms with E-state index in [1.165, 1.54) is 19.4 Å². The normalized spacial score (nSPS) is 10.6. The summed E-state index contributed by atoms with van der Waals surface area (Å²) in [6.07, 6.45) is 1.25. The molecule has 0 fully saturated rings. The molecule has 2 aromatic carbocycles. The molecule has 24 heavy (non-hydrogen) atoms. The molecule has 0 saturated heterocycles. The van der Waals surface area contributed by atoms with Crippen molar-refractivity contribution < 1.29 is 14.6 Å². The number of carbonyl (C=O) groups is 1. The van der Waals surface area contributed by atoms with E-state index in [1.807, 2.05) is 13.0 Å². The van der Waals surface area contributed by atoms with Gasteiger partial charge in [-0.15, -0.1) is 0 Å². The Balaban J connectivity index is 2.17. The summed E-state index contributed by atoms with van der Waals surface area (Å²) in [6, 6.07) is 13.7. The topological polar surface area (TPSA) is 94.4 Å². The molecule has 0 aliphatic carbocycles. The van der Waals surface area contributed by atoms with Crippen LogP contribution in [-0.2, 0) is 4.79 Å². The van der Waals surface area contributed by atoms with Crippen LogP contribution in [0.4, 0.5) is 11.4 Å². The summed E-state index contributed by atoms with van der Waals surface area (Å²) in [5.41, 5.74) is 1.67. The molecule has 0 heterocycles. The Labute approximate surface area is 140 Å². The van der Waals surface area contributed by atoms with Gasteiger partial charge in [0.2, 0.25) is 0 Å². The third-order valence-corrected chi connectivity index (χ3v) is 3.24. The van der Waals surface area contributed by atoms with Crippen molar-refractivity contribution in [1.29, 1.82) is 5.26 Å². The molecule has 1 amide bonds. The third-order valence-electron chi connectivity index (χ3n) is 3.24. The van der Waals surface area contributed by atoms with E-state index in [0.717, 1.165) is 5.56 Å². The number of phenols is 1. The molecule has 6 heteroatoms. The van der Waals surface area contributed by atoms with Gasteiger partial charge >= 0.3 is 0 Å². The van der Waals surface area contributed by atoms with Crippen LogP contribution in [0.1, 0.15) is 5.56 Å². The molecule has 0 radical (unpaired) electrons. The van der Waals surface area contributed by atoms with Crippen molar-refractivity contribution in [3.8, 4) is 17.6 Å². The van der Waals surface area contributed by atoms with Crippen LogP contribution in [0, 0.1) is 18.3 Å². The summed E-state index contributed by atoms with van der Waals surface area (Å²) < 4.78 is 5.15. The van der Waals surface area contributed by atoms with Gasteiger partial charge in [0.15, 0.2) is 0 Å². The number of carbonyl (C=O) groups excluding carboxylic acids is 1. The van der Waals surface area contributed by atoms with Gasteiger partial charge in [-0.2, -0.15) is 5.26 Å². The molecule has 0 saturated carbocycles. The fraction of sp³-hybridized carbons (Fsp3) is 0.111.